The van der Waals surface area contributed by atoms with Crippen LogP contribution in [-0.2, 0) is 19.1 Å². The molecule has 7 nitrogen and oxygen atoms in total. The number of hydrogen-bond donors (Lipinski definition) is 0. The molecule has 2 amide bonds. The molecule has 0 aliphatic heterocycles. The Bertz CT molecular complexity index is 465. The standard InChI is InChI=1S/C19H36N2O5/c1-9-11-12-26-18(23)16(14(5)6)20(7)17(22)15(13(3)4)21(8)19(24)25-10-2/h13-16H,9-12H2,1-8H3. The van der Waals surface area contributed by atoms with E-state index in [4.69, 9.17) is 9.47 Å². The molecule has 0 rings (SSSR count). The Kier molecular flexibility index (Phi) is 10.9. The van der Waals surface area contributed by atoms with Crippen molar-refractivity contribution in [2.75, 3.05) is 27.3 Å². The van der Waals surface area contributed by atoms with Gasteiger partial charge in [0.25, 0.3) is 0 Å². The third-order valence-electron chi connectivity index (χ3n) is 4.24. The van der Waals surface area contributed by atoms with Gasteiger partial charge in [0.1, 0.15) is 12.1 Å². The largest absolute Gasteiger partial charge is 0.464 e. The van der Waals surface area contributed by atoms with Crippen LogP contribution < -0.4 is 0 Å². The second-order valence-electron chi connectivity index (χ2n) is 7.16. The molecule has 2 unspecified atom stereocenters. The van der Waals surface area contributed by atoms with E-state index < -0.39 is 24.1 Å². The molecular weight excluding hydrogens is 336 g/mol. The van der Waals surface area contributed by atoms with E-state index in [1.807, 2.05) is 34.6 Å². The third-order valence-corrected chi connectivity index (χ3v) is 4.24. The zero-order valence-electron chi connectivity index (χ0n) is 17.6. The first-order valence-corrected chi connectivity index (χ1v) is 9.42. The summed E-state index contributed by atoms with van der Waals surface area (Å²) < 4.78 is 10.3. The highest BCUT2D eigenvalue weighted by molar-refractivity contribution is 5.89. The molecule has 0 saturated heterocycles. The third kappa shape index (κ3) is 6.84. The van der Waals surface area contributed by atoms with Gasteiger partial charge >= 0.3 is 12.1 Å². The summed E-state index contributed by atoms with van der Waals surface area (Å²) >= 11 is 0. The first-order chi connectivity index (χ1) is 12.1. The summed E-state index contributed by atoms with van der Waals surface area (Å²) in [6.45, 7) is 11.8. The first-order valence-electron chi connectivity index (χ1n) is 9.42. The van der Waals surface area contributed by atoms with Gasteiger partial charge in [-0.1, -0.05) is 41.0 Å². The predicted octanol–water partition coefficient (Wildman–Crippen LogP) is 2.93. The minimum absolute atomic E-state index is 0.112. The molecule has 7 heteroatoms. The Hall–Kier alpha value is -1.79. The highest BCUT2D eigenvalue weighted by atomic mass is 16.6. The molecular formula is C19H36N2O5. The number of nitrogens with zero attached hydrogens (tertiary/aromatic N) is 2. The molecule has 0 radical (unpaired) electrons. The lowest BCUT2D eigenvalue weighted by Gasteiger charge is -2.36. The summed E-state index contributed by atoms with van der Waals surface area (Å²) in [5, 5.41) is 0. The number of rotatable bonds is 10. The lowest BCUT2D eigenvalue weighted by molar-refractivity contribution is -0.158. The summed E-state index contributed by atoms with van der Waals surface area (Å²) in [6, 6.07) is -1.42. The summed E-state index contributed by atoms with van der Waals surface area (Å²) in [7, 11) is 3.13. The van der Waals surface area contributed by atoms with Crippen molar-refractivity contribution in [1.29, 1.82) is 0 Å². The van der Waals surface area contributed by atoms with Gasteiger partial charge in [0, 0.05) is 14.1 Å². The summed E-state index contributed by atoms with van der Waals surface area (Å²) in [6.07, 6.45) is 1.15. The maximum absolute atomic E-state index is 13.1. The molecule has 0 aromatic carbocycles. The molecule has 0 aliphatic rings. The van der Waals surface area contributed by atoms with Crippen LogP contribution in [0.1, 0.15) is 54.4 Å². The van der Waals surface area contributed by atoms with Crippen LogP contribution in [0.5, 0.6) is 0 Å². The number of likely N-dealkylation sites (N-methyl/N-ethyl adjacent to an activating group) is 2. The van der Waals surface area contributed by atoms with Crippen molar-refractivity contribution >= 4 is 18.0 Å². The zero-order valence-corrected chi connectivity index (χ0v) is 17.6. The molecule has 0 fully saturated rings. The Morgan fingerprint density at radius 1 is 0.846 bits per heavy atom. The van der Waals surface area contributed by atoms with Crippen molar-refractivity contribution in [3.8, 4) is 0 Å². The minimum Gasteiger partial charge on any atom is -0.464 e. The van der Waals surface area contributed by atoms with Crippen LogP contribution >= 0.6 is 0 Å². The predicted molar refractivity (Wildman–Crippen MR) is 101 cm³/mol. The van der Waals surface area contributed by atoms with Crippen molar-refractivity contribution in [3.05, 3.63) is 0 Å². The Morgan fingerprint density at radius 3 is 1.81 bits per heavy atom. The Balaban J connectivity index is 5.38. The monoisotopic (exact) mass is 372 g/mol. The lowest BCUT2D eigenvalue weighted by atomic mass is 9.98. The fourth-order valence-corrected chi connectivity index (χ4v) is 2.86. The zero-order chi connectivity index (χ0) is 20.4. The quantitative estimate of drug-likeness (QED) is 0.435. The van der Waals surface area contributed by atoms with E-state index >= 15 is 0 Å². The average Bonchev–Trinajstić information content (AvgIpc) is 2.54. The van der Waals surface area contributed by atoms with Gasteiger partial charge < -0.3 is 14.4 Å². The van der Waals surface area contributed by atoms with E-state index in [0.717, 1.165) is 12.8 Å². The van der Waals surface area contributed by atoms with E-state index in [9.17, 15) is 14.4 Å². The number of carbonyl (C=O) groups is 3. The normalized spacial score (nSPS) is 13.3. The van der Waals surface area contributed by atoms with Gasteiger partial charge in [0.05, 0.1) is 13.2 Å². The molecule has 152 valence electrons. The van der Waals surface area contributed by atoms with Crippen LogP contribution in [-0.4, -0.2) is 67.2 Å². The maximum atomic E-state index is 13.1. The number of unbranched alkanes of at least 4 members (excludes halogenated alkanes) is 1. The first kappa shape index (κ1) is 24.2. The summed E-state index contributed by atoms with van der Waals surface area (Å²) in [4.78, 5) is 40.3. The second-order valence-corrected chi connectivity index (χ2v) is 7.16. The van der Waals surface area contributed by atoms with Gasteiger partial charge in [-0.25, -0.2) is 9.59 Å². The van der Waals surface area contributed by atoms with Crippen LogP contribution in [0, 0.1) is 11.8 Å². The molecule has 0 saturated carbocycles. The van der Waals surface area contributed by atoms with Crippen molar-refractivity contribution in [1.82, 2.24) is 9.80 Å². The number of ether oxygens (including phenoxy) is 2. The summed E-state index contributed by atoms with van der Waals surface area (Å²) in [5.74, 6) is -0.964. The SMILES string of the molecule is CCCCOC(=O)C(C(C)C)N(C)C(=O)C(C(C)C)N(C)C(=O)OCC. The number of carbonyl (C=O) groups excluding carboxylic acids is 3. The maximum Gasteiger partial charge on any atom is 0.410 e. The van der Waals surface area contributed by atoms with Crippen molar-refractivity contribution in [2.45, 2.75) is 66.5 Å². The second kappa shape index (κ2) is 11.8. The molecule has 0 spiro atoms. The van der Waals surface area contributed by atoms with Gasteiger partial charge in [-0.3, -0.25) is 9.69 Å². The summed E-state index contributed by atoms with van der Waals surface area (Å²) in [5.41, 5.74) is 0. The fraction of sp³-hybridized carbons (Fsp3) is 0.842. The van der Waals surface area contributed by atoms with Crippen LogP contribution in [0.4, 0.5) is 4.79 Å². The number of amides is 2. The average molecular weight is 373 g/mol. The van der Waals surface area contributed by atoms with E-state index in [2.05, 4.69) is 0 Å². The van der Waals surface area contributed by atoms with Crippen LogP contribution in [0.15, 0.2) is 0 Å². The molecule has 2 atom stereocenters. The molecule has 0 bridgehead atoms. The lowest BCUT2D eigenvalue weighted by Crippen LogP contribution is -2.56. The van der Waals surface area contributed by atoms with Crippen molar-refractivity contribution < 1.29 is 23.9 Å². The topological polar surface area (TPSA) is 76.2 Å². The van der Waals surface area contributed by atoms with Gasteiger partial charge in [-0.05, 0) is 25.2 Å². The van der Waals surface area contributed by atoms with Crippen LogP contribution in [0.25, 0.3) is 0 Å². The highest BCUT2D eigenvalue weighted by Crippen LogP contribution is 2.19. The Labute approximate surface area is 158 Å². The van der Waals surface area contributed by atoms with Crippen LogP contribution in [0.3, 0.4) is 0 Å². The molecule has 0 aromatic heterocycles. The van der Waals surface area contributed by atoms with Crippen LogP contribution in [0.2, 0.25) is 0 Å². The van der Waals surface area contributed by atoms with Gasteiger partial charge in [-0.15, -0.1) is 0 Å². The molecule has 0 aliphatic carbocycles. The molecule has 0 N–H and O–H groups in total. The smallest absolute Gasteiger partial charge is 0.410 e. The highest BCUT2D eigenvalue weighted by Gasteiger charge is 2.38. The van der Waals surface area contributed by atoms with Gasteiger partial charge in [-0.2, -0.15) is 0 Å². The minimum atomic E-state index is -0.719. The molecule has 0 aromatic rings. The van der Waals surface area contributed by atoms with Gasteiger partial charge in [0.15, 0.2) is 0 Å². The van der Waals surface area contributed by atoms with E-state index in [1.165, 1.54) is 9.80 Å². The van der Waals surface area contributed by atoms with E-state index in [0.29, 0.717) is 6.61 Å². The van der Waals surface area contributed by atoms with E-state index in [-0.39, 0.29) is 24.3 Å². The van der Waals surface area contributed by atoms with Crippen molar-refractivity contribution in [2.24, 2.45) is 11.8 Å². The fourth-order valence-electron chi connectivity index (χ4n) is 2.86. The van der Waals surface area contributed by atoms with Gasteiger partial charge in [0.2, 0.25) is 5.91 Å². The van der Waals surface area contributed by atoms with E-state index in [1.54, 1.807) is 21.0 Å². The van der Waals surface area contributed by atoms with Crippen molar-refractivity contribution in [3.63, 3.8) is 0 Å². The number of esters is 1. The Morgan fingerprint density at radius 2 is 1.38 bits per heavy atom. The number of hydrogen-bond acceptors (Lipinski definition) is 5. The molecule has 0 heterocycles. The molecule has 26 heavy (non-hydrogen) atoms.